The predicted molar refractivity (Wildman–Crippen MR) is 63.8 cm³/mol. The molecule has 0 unspecified atom stereocenters. The van der Waals surface area contributed by atoms with Crippen molar-refractivity contribution in [1.82, 2.24) is 30.3 Å². The molecule has 90 valence electrons. The Morgan fingerprint density at radius 3 is 2.59 bits per heavy atom. The first-order valence-corrected chi connectivity index (χ1v) is 5.64. The number of hydrogen-bond donors (Lipinski definition) is 1. The van der Waals surface area contributed by atoms with Crippen LogP contribution < -0.4 is 5.32 Å². The third-order valence-electron chi connectivity index (χ3n) is 2.35. The van der Waals surface area contributed by atoms with Gasteiger partial charge in [-0.2, -0.15) is 9.78 Å². The molecule has 1 N–H and O–H groups in total. The molecule has 0 radical (unpaired) electrons. The Kier molecular flexibility index (Phi) is 3.43. The molecule has 6 nitrogen and oxygen atoms in total. The quantitative estimate of drug-likeness (QED) is 0.843. The molecule has 0 fully saturated rings. The lowest BCUT2D eigenvalue weighted by Gasteiger charge is -2.03. The summed E-state index contributed by atoms with van der Waals surface area (Å²) in [5.41, 5.74) is 0.921. The average Bonchev–Trinajstić information content (AvgIpc) is 2.66. The molecule has 0 aromatic carbocycles. The van der Waals surface area contributed by atoms with E-state index < -0.39 is 0 Å². The first-order valence-electron chi connectivity index (χ1n) is 5.64. The van der Waals surface area contributed by atoms with Gasteiger partial charge >= 0.3 is 0 Å². The van der Waals surface area contributed by atoms with Crippen LogP contribution in [0.4, 0.5) is 0 Å². The minimum absolute atomic E-state index is 0.698. The highest BCUT2D eigenvalue weighted by molar-refractivity contribution is 5.21. The van der Waals surface area contributed by atoms with Crippen molar-refractivity contribution >= 4 is 0 Å². The van der Waals surface area contributed by atoms with E-state index in [0.717, 1.165) is 30.4 Å². The van der Waals surface area contributed by atoms with Crippen LogP contribution in [0.5, 0.6) is 0 Å². The van der Waals surface area contributed by atoms with E-state index >= 15 is 0 Å². The van der Waals surface area contributed by atoms with Gasteiger partial charge in [-0.25, -0.2) is 4.98 Å². The normalized spacial score (nSPS) is 10.8. The molecule has 0 saturated heterocycles. The Morgan fingerprint density at radius 2 is 2.06 bits per heavy atom. The predicted octanol–water partition coefficient (Wildman–Crippen LogP) is 0.784. The van der Waals surface area contributed by atoms with E-state index in [1.54, 1.807) is 4.68 Å². The van der Waals surface area contributed by atoms with Gasteiger partial charge < -0.3 is 5.32 Å². The summed E-state index contributed by atoms with van der Waals surface area (Å²) in [4.78, 5) is 4.23. The van der Waals surface area contributed by atoms with Crippen LogP contribution in [0.3, 0.4) is 0 Å². The highest BCUT2D eigenvalue weighted by Gasteiger charge is 2.06. The van der Waals surface area contributed by atoms with Crippen LogP contribution >= 0.6 is 0 Å². The molecule has 0 saturated carbocycles. The monoisotopic (exact) mass is 232 g/mol. The molecule has 0 amide bonds. The fourth-order valence-corrected chi connectivity index (χ4v) is 1.55. The molecule has 0 bridgehead atoms. The third kappa shape index (κ3) is 2.65. The van der Waals surface area contributed by atoms with Crippen molar-refractivity contribution in [2.24, 2.45) is 0 Å². The smallest absolute Gasteiger partial charge is 0.177 e. The first-order chi connectivity index (χ1) is 8.20. The highest BCUT2D eigenvalue weighted by atomic mass is 15.4. The van der Waals surface area contributed by atoms with Crippen molar-refractivity contribution in [2.45, 2.75) is 27.3 Å². The second-order valence-corrected chi connectivity index (χ2v) is 3.78. The number of rotatable bonds is 4. The SMILES string of the molecule is CCNCc1ccc(-n2nc(C)nc2C)nn1. The summed E-state index contributed by atoms with van der Waals surface area (Å²) in [5, 5.41) is 15.8. The maximum atomic E-state index is 4.26. The van der Waals surface area contributed by atoms with Crippen LogP contribution in [0.2, 0.25) is 0 Å². The van der Waals surface area contributed by atoms with Crippen molar-refractivity contribution in [3.05, 3.63) is 29.5 Å². The number of nitrogens with one attached hydrogen (secondary N) is 1. The Morgan fingerprint density at radius 1 is 1.24 bits per heavy atom. The summed E-state index contributed by atoms with van der Waals surface area (Å²) >= 11 is 0. The van der Waals surface area contributed by atoms with Gasteiger partial charge in [-0.1, -0.05) is 6.92 Å². The molecule has 0 aliphatic rings. The Hall–Kier alpha value is -1.82. The van der Waals surface area contributed by atoms with Gasteiger partial charge in [0.15, 0.2) is 5.82 Å². The van der Waals surface area contributed by atoms with Crippen molar-refractivity contribution in [3.8, 4) is 5.82 Å². The summed E-state index contributed by atoms with van der Waals surface area (Å²) in [6.45, 7) is 7.47. The van der Waals surface area contributed by atoms with E-state index in [4.69, 9.17) is 0 Å². The van der Waals surface area contributed by atoms with Gasteiger partial charge in [-0.15, -0.1) is 10.2 Å². The van der Waals surface area contributed by atoms with E-state index in [0.29, 0.717) is 5.82 Å². The topological polar surface area (TPSA) is 68.5 Å². The van der Waals surface area contributed by atoms with Gasteiger partial charge in [0.25, 0.3) is 0 Å². The van der Waals surface area contributed by atoms with Gasteiger partial charge in [0.1, 0.15) is 11.6 Å². The number of hydrogen-bond acceptors (Lipinski definition) is 5. The maximum Gasteiger partial charge on any atom is 0.177 e. The second kappa shape index (κ2) is 5.01. The van der Waals surface area contributed by atoms with E-state index in [9.17, 15) is 0 Å². The Balaban J connectivity index is 2.20. The summed E-state index contributed by atoms with van der Waals surface area (Å²) in [6.07, 6.45) is 0. The van der Waals surface area contributed by atoms with Crippen molar-refractivity contribution in [1.29, 1.82) is 0 Å². The summed E-state index contributed by atoms with van der Waals surface area (Å²) in [6, 6.07) is 3.85. The lowest BCUT2D eigenvalue weighted by molar-refractivity contribution is 0.689. The molecule has 0 spiro atoms. The molecule has 6 heteroatoms. The Labute approximate surface area is 100 Å². The zero-order valence-electron chi connectivity index (χ0n) is 10.3. The van der Waals surface area contributed by atoms with Crippen LogP contribution in [0.1, 0.15) is 24.3 Å². The summed E-state index contributed by atoms with van der Waals surface area (Å²) in [5.74, 6) is 2.25. The number of aromatic nitrogens is 5. The maximum absolute atomic E-state index is 4.26. The lowest BCUT2D eigenvalue weighted by Crippen LogP contribution is -2.14. The van der Waals surface area contributed by atoms with Gasteiger partial charge in [-0.3, -0.25) is 0 Å². The van der Waals surface area contributed by atoms with E-state index in [1.807, 2.05) is 26.0 Å². The lowest BCUT2D eigenvalue weighted by atomic mass is 10.4. The minimum Gasteiger partial charge on any atom is -0.311 e. The molecule has 0 aliphatic carbocycles. The molecule has 17 heavy (non-hydrogen) atoms. The average molecular weight is 232 g/mol. The Bertz CT molecular complexity index is 487. The second-order valence-electron chi connectivity index (χ2n) is 3.78. The van der Waals surface area contributed by atoms with Crippen molar-refractivity contribution in [2.75, 3.05) is 6.54 Å². The standard InChI is InChI=1S/C11H16N6/c1-4-12-7-10-5-6-11(15-14-10)17-9(3)13-8(2)16-17/h5-6,12H,4,7H2,1-3H3. The van der Waals surface area contributed by atoms with Gasteiger partial charge in [0, 0.05) is 6.54 Å². The number of aryl methyl sites for hydroxylation is 2. The van der Waals surface area contributed by atoms with Crippen LogP contribution in [0, 0.1) is 13.8 Å². The van der Waals surface area contributed by atoms with Crippen LogP contribution in [-0.4, -0.2) is 31.5 Å². The third-order valence-corrected chi connectivity index (χ3v) is 2.35. The summed E-state index contributed by atoms with van der Waals surface area (Å²) < 4.78 is 1.69. The molecular formula is C11H16N6. The van der Waals surface area contributed by atoms with Crippen molar-refractivity contribution in [3.63, 3.8) is 0 Å². The van der Waals surface area contributed by atoms with Gasteiger partial charge in [-0.05, 0) is 32.5 Å². The summed E-state index contributed by atoms with van der Waals surface area (Å²) in [7, 11) is 0. The number of nitrogens with zero attached hydrogens (tertiary/aromatic N) is 5. The molecule has 2 aromatic rings. The van der Waals surface area contributed by atoms with Crippen molar-refractivity contribution < 1.29 is 0 Å². The fourth-order valence-electron chi connectivity index (χ4n) is 1.55. The molecule has 2 aromatic heterocycles. The van der Waals surface area contributed by atoms with Crippen LogP contribution in [0.15, 0.2) is 12.1 Å². The molecule has 2 rings (SSSR count). The first kappa shape index (κ1) is 11.7. The molecule has 0 atom stereocenters. The molecule has 2 heterocycles. The van der Waals surface area contributed by atoms with Crippen LogP contribution in [-0.2, 0) is 6.54 Å². The minimum atomic E-state index is 0.698. The van der Waals surface area contributed by atoms with E-state index in [2.05, 4.69) is 32.5 Å². The molecular weight excluding hydrogens is 216 g/mol. The zero-order chi connectivity index (χ0) is 12.3. The van der Waals surface area contributed by atoms with E-state index in [1.165, 1.54) is 0 Å². The largest absolute Gasteiger partial charge is 0.311 e. The fraction of sp³-hybridized carbons (Fsp3) is 0.455. The van der Waals surface area contributed by atoms with Gasteiger partial charge in [0.05, 0.1) is 5.69 Å². The highest BCUT2D eigenvalue weighted by Crippen LogP contribution is 2.05. The van der Waals surface area contributed by atoms with Gasteiger partial charge in [0.2, 0.25) is 0 Å². The van der Waals surface area contributed by atoms with Crippen LogP contribution in [0.25, 0.3) is 5.82 Å². The zero-order valence-corrected chi connectivity index (χ0v) is 10.3. The molecule has 0 aliphatic heterocycles. The van der Waals surface area contributed by atoms with E-state index in [-0.39, 0.29) is 0 Å².